The van der Waals surface area contributed by atoms with E-state index in [-0.39, 0.29) is 43.9 Å². The molecule has 0 bridgehead atoms. The number of benzene rings is 2. The topological polar surface area (TPSA) is 119 Å². The zero-order chi connectivity index (χ0) is 24.0. The number of allylic oxidation sites excluding steroid dienone is 1. The molecular formula is C26H27N3O6. The van der Waals surface area contributed by atoms with Gasteiger partial charge in [-0.3, -0.25) is 4.79 Å². The molecule has 1 amide bonds. The van der Waals surface area contributed by atoms with Crippen LogP contribution in [0, 0.1) is 0 Å². The molecule has 0 unspecified atom stereocenters. The maximum Gasteiger partial charge on any atom is 0.286 e. The fraction of sp³-hybridized carbons (Fsp3) is 0.308. The number of para-hydroxylation sites is 3. The Morgan fingerprint density at radius 3 is 2.89 bits per heavy atom. The first-order valence-corrected chi connectivity index (χ1v) is 11.6. The number of rotatable bonds is 10. The molecule has 0 spiro atoms. The van der Waals surface area contributed by atoms with Gasteiger partial charge in [0.15, 0.2) is 5.76 Å². The van der Waals surface area contributed by atoms with Crippen LogP contribution in [-0.4, -0.2) is 53.7 Å². The molecule has 2 aromatic carbocycles. The van der Waals surface area contributed by atoms with Gasteiger partial charge in [-0.2, -0.15) is 0 Å². The second kappa shape index (κ2) is 10.7. The van der Waals surface area contributed by atoms with Gasteiger partial charge in [0.05, 0.1) is 50.3 Å². The maximum absolute atomic E-state index is 13.0. The van der Waals surface area contributed by atoms with Crippen LogP contribution in [0.5, 0.6) is 0 Å². The zero-order valence-electron chi connectivity index (χ0n) is 19.1. The minimum absolute atomic E-state index is 0.0478. The number of aromatic amines is 1. The normalized spacial score (nSPS) is 17.9. The average molecular weight is 478 g/mol. The Labute approximate surface area is 201 Å². The second-order valence-electron chi connectivity index (χ2n) is 8.20. The third-order valence-electron chi connectivity index (χ3n) is 5.81. The number of carbonyl (C=O) groups excluding carboxylic acids is 1. The van der Waals surface area contributed by atoms with Crippen LogP contribution in [0.2, 0.25) is 0 Å². The summed E-state index contributed by atoms with van der Waals surface area (Å²) in [5, 5.41) is 12.7. The number of aliphatic hydroxyl groups excluding tert-OH is 1. The number of hydrogen-bond donors (Lipinski definition) is 3. The van der Waals surface area contributed by atoms with Crippen LogP contribution in [0.15, 0.2) is 71.0 Å². The van der Waals surface area contributed by atoms with E-state index in [0.29, 0.717) is 18.9 Å². The molecule has 0 saturated heterocycles. The van der Waals surface area contributed by atoms with Crippen LogP contribution in [0.1, 0.15) is 23.7 Å². The molecule has 4 aromatic rings. The van der Waals surface area contributed by atoms with Gasteiger partial charge < -0.3 is 34.0 Å². The highest BCUT2D eigenvalue weighted by atomic mass is 16.7. The van der Waals surface area contributed by atoms with E-state index in [1.54, 1.807) is 6.26 Å². The highest BCUT2D eigenvalue weighted by molar-refractivity contribution is 5.92. The largest absolute Gasteiger partial charge is 0.464 e. The third-order valence-corrected chi connectivity index (χ3v) is 5.81. The van der Waals surface area contributed by atoms with E-state index >= 15 is 0 Å². The van der Waals surface area contributed by atoms with Gasteiger partial charge in [0, 0.05) is 23.3 Å². The molecule has 2 atom stereocenters. The molecular weight excluding hydrogens is 450 g/mol. The quantitative estimate of drug-likeness (QED) is 0.300. The van der Waals surface area contributed by atoms with Crippen molar-refractivity contribution in [1.82, 2.24) is 15.3 Å². The van der Waals surface area contributed by atoms with E-state index in [4.69, 9.17) is 23.7 Å². The third kappa shape index (κ3) is 5.37. The fourth-order valence-electron chi connectivity index (χ4n) is 4.17. The molecule has 0 fully saturated rings. The summed E-state index contributed by atoms with van der Waals surface area (Å²) in [5.41, 5.74) is 3.51. The van der Waals surface area contributed by atoms with Crippen LogP contribution >= 0.6 is 0 Å². The van der Waals surface area contributed by atoms with Crippen molar-refractivity contribution < 1.29 is 28.5 Å². The molecule has 1 aliphatic heterocycles. The van der Waals surface area contributed by atoms with Crippen molar-refractivity contribution in [2.45, 2.75) is 25.2 Å². The van der Waals surface area contributed by atoms with Gasteiger partial charge in [-0.1, -0.05) is 30.3 Å². The number of aromatic nitrogens is 2. The lowest BCUT2D eigenvalue weighted by Crippen LogP contribution is -2.33. The molecule has 0 saturated carbocycles. The van der Waals surface area contributed by atoms with Gasteiger partial charge in [-0.15, -0.1) is 0 Å². The van der Waals surface area contributed by atoms with E-state index in [1.165, 1.54) is 0 Å². The Bertz CT molecular complexity index is 1290. The summed E-state index contributed by atoms with van der Waals surface area (Å²) in [5.74, 6) is 0.349. The van der Waals surface area contributed by atoms with E-state index in [1.807, 2.05) is 54.6 Å². The smallest absolute Gasteiger partial charge is 0.286 e. The minimum atomic E-state index is -0.636. The molecule has 35 heavy (non-hydrogen) atoms. The molecule has 3 N–H and O–H groups in total. The molecule has 1 aliphatic rings. The zero-order valence-corrected chi connectivity index (χ0v) is 19.1. The number of imidazole rings is 1. The summed E-state index contributed by atoms with van der Waals surface area (Å²) in [6.45, 7) is 1.02. The number of nitrogens with one attached hydrogen (secondary N) is 2. The van der Waals surface area contributed by atoms with Crippen LogP contribution in [0.4, 0.5) is 0 Å². The summed E-state index contributed by atoms with van der Waals surface area (Å²) in [7, 11) is 0. The Kier molecular flexibility index (Phi) is 7.08. The van der Waals surface area contributed by atoms with Crippen LogP contribution in [0.3, 0.4) is 0 Å². The first kappa shape index (κ1) is 23.1. The number of amides is 1. The molecule has 3 heterocycles. The Balaban J connectivity index is 1.31. The summed E-state index contributed by atoms with van der Waals surface area (Å²) in [6.07, 6.45) is 3.42. The number of carbonyl (C=O) groups is 1. The van der Waals surface area contributed by atoms with E-state index < -0.39 is 6.29 Å². The molecule has 9 heteroatoms. The number of fused-ring (bicyclic) bond motifs is 2. The van der Waals surface area contributed by atoms with Gasteiger partial charge in [-0.25, -0.2) is 4.98 Å². The Hall–Kier alpha value is -3.66. The standard InChI is InChI=1S/C26H27N3O6/c30-9-10-32-11-12-33-25-14-17(19-16-34-22-8-4-1-5-18(19)22)13-23(35-25)26(31)27-15-24-28-20-6-2-3-7-21(20)29-24/h1-8,13,16-17,25,30H,9-12,14-15H2,(H,27,31)(H,28,29)/t17-,25+/m0/s1. The van der Waals surface area contributed by atoms with Gasteiger partial charge in [0.25, 0.3) is 5.91 Å². The first-order chi connectivity index (χ1) is 17.2. The maximum atomic E-state index is 13.0. The SMILES string of the molecule is O=C(NCc1nc2ccccc2[nH]1)C1=C[C@H](c2coc3ccccc23)C[C@H](OCCOCCO)O1. The molecule has 2 aromatic heterocycles. The average Bonchev–Trinajstić information content (AvgIpc) is 3.51. The second-order valence-corrected chi connectivity index (χ2v) is 8.20. The van der Waals surface area contributed by atoms with Crippen molar-refractivity contribution >= 4 is 27.9 Å². The number of H-pyrrole nitrogens is 1. The Morgan fingerprint density at radius 2 is 2.00 bits per heavy atom. The van der Waals surface area contributed by atoms with Crippen molar-refractivity contribution in [3.63, 3.8) is 0 Å². The number of furan rings is 1. The van der Waals surface area contributed by atoms with Crippen LogP contribution in [-0.2, 0) is 25.5 Å². The van der Waals surface area contributed by atoms with Crippen molar-refractivity contribution in [1.29, 1.82) is 0 Å². The predicted octanol–water partition coefficient (Wildman–Crippen LogP) is 3.36. The molecule has 9 nitrogen and oxygen atoms in total. The van der Waals surface area contributed by atoms with Crippen LogP contribution in [0.25, 0.3) is 22.0 Å². The molecule has 0 radical (unpaired) electrons. The highest BCUT2D eigenvalue weighted by Gasteiger charge is 2.30. The predicted molar refractivity (Wildman–Crippen MR) is 128 cm³/mol. The lowest BCUT2D eigenvalue weighted by molar-refractivity contribution is -0.151. The lowest BCUT2D eigenvalue weighted by Gasteiger charge is -2.28. The molecule has 0 aliphatic carbocycles. The van der Waals surface area contributed by atoms with Crippen molar-refractivity contribution in [3.8, 4) is 0 Å². The molecule has 5 rings (SSSR count). The van der Waals surface area contributed by atoms with Crippen molar-refractivity contribution in [2.24, 2.45) is 0 Å². The highest BCUT2D eigenvalue weighted by Crippen LogP contribution is 2.36. The van der Waals surface area contributed by atoms with Crippen LogP contribution < -0.4 is 5.32 Å². The van der Waals surface area contributed by atoms with Gasteiger partial charge in [-0.05, 0) is 24.3 Å². The van der Waals surface area contributed by atoms with Crippen molar-refractivity contribution in [3.05, 3.63) is 78.0 Å². The van der Waals surface area contributed by atoms with Gasteiger partial charge in [0.1, 0.15) is 11.4 Å². The van der Waals surface area contributed by atoms with Gasteiger partial charge >= 0.3 is 0 Å². The van der Waals surface area contributed by atoms with E-state index in [9.17, 15) is 4.79 Å². The summed E-state index contributed by atoms with van der Waals surface area (Å²) < 4.78 is 22.8. The number of aliphatic hydroxyl groups is 1. The van der Waals surface area contributed by atoms with E-state index in [2.05, 4.69) is 15.3 Å². The number of ether oxygens (including phenoxy) is 3. The monoisotopic (exact) mass is 477 g/mol. The summed E-state index contributed by atoms with van der Waals surface area (Å²) in [6, 6.07) is 15.5. The lowest BCUT2D eigenvalue weighted by atomic mass is 9.92. The van der Waals surface area contributed by atoms with E-state index in [0.717, 1.165) is 27.6 Å². The molecule has 182 valence electrons. The number of nitrogens with zero attached hydrogens (tertiary/aromatic N) is 1. The number of hydrogen-bond acceptors (Lipinski definition) is 7. The first-order valence-electron chi connectivity index (χ1n) is 11.6. The fourth-order valence-corrected chi connectivity index (χ4v) is 4.17. The van der Waals surface area contributed by atoms with Gasteiger partial charge in [0.2, 0.25) is 6.29 Å². The van der Waals surface area contributed by atoms with Crippen molar-refractivity contribution in [2.75, 3.05) is 26.4 Å². The Morgan fingerprint density at radius 1 is 1.14 bits per heavy atom. The summed E-state index contributed by atoms with van der Waals surface area (Å²) in [4.78, 5) is 20.8. The summed E-state index contributed by atoms with van der Waals surface area (Å²) >= 11 is 0. The minimum Gasteiger partial charge on any atom is -0.464 e.